The van der Waals surface area contributed by atoms with E-state index in [1.54, 1.807) is 29.6 Å². The smallest absolute Gasteiger partial charge is 0.225 e. The van der Waals surface area contributed by atoms with Crippen LogP contribution in [0.15, 0.2) is 46.0 Å². The molecule has 7 heteroatoms. The van der Waals surface area contributed by atoms with Crippen molar-refractivity contribution in [1.29, 1.82) is 0 Å². The second kappa shape index (κ2) is 6.84. The summed E-state index contributed by atoms with van der Waals surface area (Å²) in [6.45, 7) is 0.438. The molecule has 1 amide bonds. The molecule has 0 spiro atoms. The molecule has 3 N–H and O–H groups in total. The summed E-state index contributed by atoms with van der Waals surface area (Å²) in [7, 11) is -3.37. The van der Waals surface area contributed by atoms with E-state index in [2.05, 4.69) is 5.32 Å². The summed E-state index contributed by atoms with van der Waals surface area (Å²) in [6.07, 6.45) is -0.0706. The van der Waals surface area contributed by atoms with Gasteiger partial charge in [-0.3, -0.25) is 4.79 Å². The average molecular weight is 324 g/mol. The zero-order valence-electron chi connectivity index (χ0n) is 11.3. The van der Waals surface area contributed by atoms with Gasteiger partial charge in [-0.15, -0.1) is 11.3 Å². The number of hydrogen-bond donors (Lipinski definition) is 2. The zero-order valence-corrected chi connectivity index (χ0v) is 12.9. The molecule has 0 unspecified atom stereocenters. The lowest BCUT2D eigenvalue weighted by Gasteiger charge is -2.06. The highest BCUT2D eigenvalue weighted by molar-refractivity contribution is 7.93. The molecule has 0 bridgehead atoms. The summed E-state index contributed by atoms with van der Waals surface area (Å²) in [6, 6.07) is 10.3. The number of nitrogens with one attached hydrogen (secondary N) is 1. The molecule has 1 aromatic heterocycles. The number of sulfone groups is 1. The average Bonchev–Trinajstić information content (AvgIpc) is 3.01. The number of carbonyl (C=O) groups excluding carboxylic acids is 1. The van der Waals surface area contributed by atoms with E-state index < -0.39 is 9.84 Å². The highest BCUT2D eigenvalue weighted by Gasteiger charge is 2.17. The van der Waals surface area contributed by atoms with Crippen molar-refractivity contribution in [3.63, 3.8) is 0 Å². The Morgan fingerprint density at radius 2 is 1.90 bits per heavy atom. The van der Waals surface area contributed by atoms with Crippen LogP contribution in [0.3, 0.4) is 0 Å². The van der Waals surface area contributed by atoms with Crippen LogP contribution < -0.4 is 11.1 Å². The Kier molecular flexibility index (Phi) is 5.11. The fraction of sp³-hybridized carbons (Fsp3) is 0.214. The number of nitrogens with two attached hydrogens (primary N) is 1. The predicted molar refractivity (Wildman–Crippen MR) is 84.0 cm³/mol. The Morgan fingerprint density at radius 3 is 2.48 bits per heavy atom. The van der Waals surface area contributed by atoms with Crippen molar-refractivity contribution in [2.75, 3.05) is 11.1 Å². The first-order chi connectivity index (χ1) is 10.0. The van der Waals surface area contributed by atoms with Crippen LogP contribution in [0.4, 0.5) is 5.69 Å². The van der Waals surface area contributed by atoms with Crippen molar-refractivity contribution in [3.05, 3.63) is 47.3 Å². The first-order valence-corrected chi connectivity index (χ1v) is 8.89. The SMILES string of the molecule is NCc1ccc(NC(=O)CCS(=O)(=O)c2cccs2)cc1. The van der Waals surface area contributed by atoms with E-state index in [1.165, 1.54) is 0 Å². The molecule has 1 aromatic carbocycles. The van der Waals surface area contributed by atoms with Crippen LogP contribution in [0.2, 0.25) is 0 Å². The standard InChI is InChI=1S/C14H16N2O3S2/c15-10-11-3-5-12(6-4-11)16-13(17)7-9-21(18,19)14-2-1-8-20-14/h1-6,8H,7,9-10,15H2,(H,16,17). The van der Waals surface area contributed by atoms with Gasteiger partial charge in [0.25, 0.3) is 0 Å². The van der Waals surface area contributed by atoms with Gasteiger partial charge in [-0.05, 0) is 29.1 Å². The van der Waals surface area contributed by atoms with E-state index >= 15 is 0 Å². The fourth-order valence-electron chi connectivity index (χ4n) is 1.72. The van der Waals surface area contributed by atoms with Crippen LogP contribution >= 0.6 is 11.3 Å². The van der Waals surface area contributed by atoms with E-state index in [9.17, 15) is 13.2 Å². The first kappa shape index (κ1) is 15.7. The van der Waals surface area contributed by atoms with Crippen molar-refractivity contribution in [2.45, 2.75) is 17.2 Å². The van der Waals surface area contributed by atoms with Gasteiger partial charge in [0.15, 0.2) is 9.84 Å². The van der Waals surface area contributed by atoms with Gasteiger partial charge in [0, 0.05) is 18.7 Å². The van der Waals surface area contributed by atoms with Crippen LogP contribution in [0, 0.1) is 0 Å². The van der Waals surface area contributed by atoms with E-state index in [0.717, 1.165) is 16.9 Å². The molecule has 1 heterocycles. The summed E-state index contributed by atoms with van der Waals surface area (Å²) < 4.78 is 24.2. The Bertz CT molecular complexity index is 692. The lowest BCUT2D eigenvalue weighted by Crippen LogP contribution is -2.17. The van der Waals surface area contributed by atoms with Gasteiger partial charge < -0.3 is 11.1 Å². The third-order valence-electron chi connectivity index (χ3n) is 2.87. The molecular formula is C14H16N2O3S2. The van der Waals surface area contributed by atoms with E-state index in [0.29, 0.717) is 16.4 Å². The molecule has 2 aromatic rings. The number of hydrogen-bond acceptors (Lipinski definition) is 5. The summed E-state index contributed by atoms with van der Waals surface area (Å²) in [5.74, 6) is -0.518. The minimum atomic E-state index is -3.37. The topological polar surface area (TPSA) is 89.3 Å². The van der Waals surface area contributed by atoms with Gasteiger partial charge in [-0.1, -0.05) is 18.2 Å². The fourth-order valence-corrected chi connectivity index (χ4v) is 4.11. The minimum Gasteiger partial charge on any atom is -0.326 e. The Labute approximate surface area is 127 Å². The molecule has 0 aliphatic heterocycles. The summed E-state index contributed by atoms with van der Waals surface area (Å²) in [5.41, 5.74) is 7.09. The number of amides is 1. The Balaban J connectivity index is 1.90. The maximum atomic E-state index is 12.0. The largest absolute Gasteiger partial charge is 0.326 e. The number of rotatable bonds is 6. The predicted octanol–water partition coefficient (Wildman–Crippen LogP) is 2.01. The second-order valence-electron chi connectivity index (χ2n) is 4.45. The van der Waals surface area contributed by atoms with Crippen molar-refractivity contribution in [2.24, 2.45) is 5.73 Å². The summed E-state index contributed by atoms with van der Waals surface area (Å²) in [4.78, 5) is 11.8. The third-order valence-corrected chi connectivity index (χ3v) is 6.08. The van der Waals surface area contributed by atoms with Crippen LogP contribution in [-0.4, -0.2) is 20.1 Å². The first-order valence-electron chi connectivity index (χ1n) is 6.36. The maximum Gasteiger partial charge on any atom is 0.225 e. The number of benzene rings is 1. The molecule has 5 nitrogen and oxygen atoms in total. The van der Waals surface area contributed by atoms with E-state index in [4.69, 9.17) is 5.73 Å². The quantitative estimate of drug-likeness (QED) is 0.850. The van der Waals surface area contributed by atoms with Crippen LogP contribution in [0.25, 0.3) is 0 Å². The lowest BCUT2D eigenvalue weighted by molar-refractivity contribution is -0.115. The monoisotopic (exact) mass is 324 g/mol. The molecule has 0 aliphatic rings. The maximum absolute atomic E-state index is 12.0. The van der Waals surface area contributed by atoms with Gasteiger partial charge in [-0.2, -0.15) is 0 Å². The molecule has 21 heavy (non-hydrogen) atoms. The van der Waals surface area contributed by atoms with Gasteiger partial charge >= 0.3 is 0 Å². The Hall–Kier alpha value is -1.70. The van der Waals surface area contributed by atoms with Crippen LogP contribution in [0.1, 0.15) is 12.0 Å². The minimum absolute atomic E-state index is 0.0706. The highest BCUT2D eigenvalue weighted by atomic mass is 32.2. The molecule has 0 saturated heterocycles. The van der Waals surface area contributed by atoms with Gasteiger partial charge in [0.05, 0.1) is 5.75 Å². The molecule has 2 rings (SSSR count). The lowest BCUT2D eigenvalue weighted by atomic mass is 10.2. The van der Waals surface area contributed by atoms with Crippen molar-refractivity contribution in [1.82, 2.24) is 0 Å². The van der Waals surface area contributed by atoms with Gasteiger partial charge in [0.1, 0.15) is 4.21 Å². The molecule has 0 radical (unpaired) electrons. The molecule has 0 atom stereocenters. The highest BCUT2D eigenvalue weighted by Crippen LogP contribution is 2.18. The zero-order chi connectivity index (χ0) is 15.3. The van der Waals surface area contributed by atoms with E-state index in [-0.39, 0.29) is 18.1 Å². The van der Waals surface area contributed by atoms with Crippen LogP contribution in [0.5, 0.6) is 0 Å². The molecular weight excluding hydrogens is 308 g/mol. The molecule has 0 fully saturated rings. The van der Waals surface area contributed by atoms with Crippen LogP contribution in [-0.2, 0) is 21.2 Å². The number of carbonyl (C=O) groups is 1. The van der Waals surface area contributed by atoms with Crippen molar-refractivity contribution in [3.8, 4) is 0 Å². The number of anilines is 1. The molecule has 0 saturated carbocycles. The molecule has 112 valence electrons. The third kappa shape index (κ3) is 4.38. The second-order valence-corrected chi connectivity index (χ2v) is 7.73. The summed E-state index contributed by atoms with van der Waals surface area (Å²) in [5, 5.41) is 4.37. The molecule has 0 aliphatic carbocycles. The Morgan fingerprint density at radius 1 is 1.19 bits per heavy atom. The summed E-state index contributed by atoms with van der Waals surface area (Å²) >= 11 is 1.16. The van der Waals surface area contributed by atoms with Gasteiger partial charge in [-0.25, -0.2) is 8.42 Å². The van der Waals surface area contributed by atoms with Crippen molar-refractivity contribution >= 4 is 32.8 Å². The van der Waals surface area contributed by atoms with Gasteiger partial charge in [0.2, 0.25) is 5.91 Å². The normalized spacial score (nSPS) is 11.3. The van der Waals surface area contributed by atoms with Crippen molar-refractivity contribution < 1.29 is 13.2 Å². The number of thiophene rings is 1. The van der Waals surface area contributed by atoms with E-state index in [1.807, 2.05) is 12.1 Å².